The van der Waals surface area contributed by atoms with Crippen molar-refractivity contribution in [3.63, 3.8) is 0 Å². The maximum atomic E-state index is 11.9. The Morgan fingerprint density at radius 2 is 1.89 bits per heavy atom. The Hall–Kier alpha value is -1.95. The van der Waals surface area contributed by atoms with Crippen LogP contribution in [0.3, 0.4) is 0 Å². The predicted molar refractivity (Wildman–Crippen MR) is 64.2 cm³/mol. The topological polar surface area (TPSA) is 72.7 Å². The molecule has 1 heterocycles. The van der Waals surface area contributed by atoms with Crippen LogP contribution in [0.1, 0.15) is 5.56 Å². The van der Waals surface area contributed by atoms with E-state index in [1.807, 2.05) is 0 Å². The largest absolute Gasteiger partial charge is 0.378 e. The molecular weight excluding hydrogens is 236 g/mol. The molecule has 1 aromatic carbocycles. The summed E-state index contributed by atoms with van der Waals surface area (Å²) in [5, 5.41) is 10.5. The zero-order valence-corrected chi connectivity index (χ0v) is 9.87. The minimum Gasteiger partial charge on any atom is -0.378 e. The molecule has 6 heteroatoms. The summed E-state index contributed by atoms with van der Waals surface area (Å²) in [6.07, 6.45) is 0.276. The third-order valence-corrected chi connectivity index (χ3v) is 2.87. The number of morpholine rings is 1. The lowest BCUT2D eigenvalue weighted by Gasteiger charge is -2.26. The van der Waals surface area contributed by atoms with Crippen LogP contribution in [-0.2, 0) is 16.0 Å². The van der Waals surface area contributed by atoms with E-state index in [0.29, 0.717) is 26.3 Å². The van der Waals surface area contributed by atoms with Gasteiger partial charge in [0.2, 0.25) is 5.91 Å². The number of hydrogen-bond donors (Lipinski definition) is 0. The van der Waals surface area contributed by atoms with Crippen LogP contribution in [0.4, 0.5) is 5.69 Å². The first kappa shape index (κ1) is 12.5. The van der Waals surface area contributed by atoms with Crippen molar-refractivity contribution >= 4 is 11.6 Å². The van der Waals surface area contributed by atoms with Crippen LogP contribution in [0, 0.1) is 10.1 Å². The Balaban J connectivity index is 1.96. The van der Waals surface area contributed by atoms with Crippen molar-refractivity contribution in [2.45, 2.75) is 6.42 Å². The second kappa shape index (κ2) is 5.59. The van der Waals surface area contributed by atoms with Crippen LogP contribution >= 0.6 is 0 Å². The molecule has 1 saturated heterocycles. The molecule has 96 valence electrons. The van der Waals surface area contributed by atoms with Crippen molar-refractivity contribution in [1.82, 2.24) is 4.90 Å². The highest BCUT2D eigenvalue weighted by Crippen LogP contribution is 2.13. The van der Waals surface area contributed by atoms with E-state index in [0.717, 1.165) is 5.56 Å². The van der Waals surface area contributed by atoms with Gasteiger partial charge in [0.25, 0.3) is 5.69 Å². The Kier molecular flexibility index (Phi) is 3.88. The molecule has 0 saturated carbocycles. The molecule has 1 aromatic rings. The van der Waals surface area contributed by atoms with Gasteiger partial charge in [-0.25, -0.2) is 0 Å². The molecule has 0 N–H and O–H groups in total. The zero-order valence-electron chi connectivity index (χ0n) is 9.87. The standard InChI is InChI=1S/C12H14N2O4/c15-12(13-5-7-18-8-6-13)9-10-1-3-11(4-2-10)14(16)17/h1-4H,5-9H2. The number of carbonyl (C=O) groups excluding carboxylic acids is 1. The first-order chi connectivity index (χ1) is 8.66. The van der Waals surface area contributed by atoms with Gasteiger partial charge in [-0.05, 0) is 5.56 Å². The molecule has 1 amide bonds. The van der Waals surface area contributed by atoms with Crippen LogP contribution in [0.15, 0.2) is 24.3 Å². The summed E-state index contributed by atoms with van der Waals surface area (Å²) in [5.74, 6) is 0.0344. The number of benzene rings is 1. The number of nitro benzene ring substituents is 1. The van der Waals surface area contributed by atoms with Gasteiger partial charge >= 0.3 is 0 Å². The fourth-order valence-electron chi connectivity index (χ4n) is 1.83. The summed E-state index contributed by atoms with van der Waals surface area (Å²) in [6, 6.07) is 6.08. The summed E-state index contributed by atoms with van der Waals surface area (Å²) < 4.78 is 5.17. The minimum atomic E-state index is -0.451. The lowest BCUT2D eigenvalue weighted by atomic mass is 10.1. The molecule has 1 aliphatic rings. The third kappa shape index (κ3) is 3.04. The average Bonchev–Trinajstić information content (AvgIpc) is 2.40. The average molecular weight is 250 g/mol. The molecule has 18 heavy (non-hydrogen) atoms. The highest BCUT2D eigenvalue weighted by molar-refractivity contribution is 5.78. The number of amides is 1. The summed E-state index contributed by atoms with van der Waals surface area (Å²) in [7, 11) is 0. The van der Waals surface area contributed by atoms with Crippen LogP contribution in [0.2, 0.25) is 0 Å². The van der Waals surface area contributed by atoms with Crippen molar-refractivity contribution < 1.29 is 14.5 Å². The van der Waals surface area contributed by atoms with Crippen molar-refractivity contribution in [2.24, 2.45) is 0 Å². The monoisotopic (exact) mass is 250 g/mol. The molecule has 0 unspecified atom stereocenters. The second-order valence-electron chi connectivity index (χ2n) is 4.09. The van der Waals surface area contributed by atoms with Gasteiger partial charge in [-0.2, -0.15) is 0 Å². The third-order valence-electron chi connectivity index (χ3n) is 2.87. The molecule has 0 radical (unpaired) electrons. The fraction of sp³-hybridized carbons (Fsp3) is 0.417. The molecule has 0 aromatic heterocycles. The number of carbonyl (C=O) groups is 1. The van der Waals surface area contributed by atoms with Gasteiger partial charge in [-0.3, -0.25) is 14.9 Å². The number of nitro groups is 1. The summed E-state index contributed by atoms with van der Waals surface area (Å²) in [5.41, 5.74) is 0.828. The van der Waals surface area contributed by atoms with Crippen molar-refractivity contribution in [3.05, 3.63) is 39.9 Å². The van der Waals surface area contributed by atoms with Crippen molar-refractivity contribution in [3.8, 4) is 0 Å². The maximum absolute atomic E-state index is 11.9. The van der Waals surface area contributed by atoms with Crippen LogP contribution in [-0.4, -0.2) is 42.0 Å². The van der Waals surface area contributed by atoms with E-state index in [1.165, 1.54) is 12.1 Å². The minimum absolute atomic E-state index is 0.0344. The number of rotatable bonds is 3. The quantitative estimate of drug-likeness (QED) is 0.592. The maximum Gasteiger partial charge on any atom is 0.269 e. The molecular formula is C12H14N2O4. The van der Waals surface area contributed by atoms with E-state index < -0.39 is 4.92 Å². The van der Waals surface area contributed by atoms with E-state index in [1.54, 1.807) is 17.0 Å². The highest BCUT2D eigenvalue weighted by atomic mass is 16.6. The zero-order chi connectivity index (χ0) is 13.0. The Bertz CT molecular complexity index is 438. The summed E-state index contributed by atoms with van der Waals surface area (Å²) in [6.45, 7) is 2.38. The first-order valence-electron chi connectivity index (χ1n) is 5.75. The Morgan fingerprint density at radius 1 is 1.28 bits per heavy atom. The van der Waals surface area contributed by atoms with Gasteiger partial charge in [0.1, 0.15) is 0 Å². The lowest BCUT2D eigenvalue weighted by Crippen LogP contribution is -2.41. The van der Waals surface area contributed by atoms with E-state index in [2.05, 4.69) is 0 Å². The molecule has 1 aliphatic heterocycles. The molecule has 0 atom stereocenters. The molecule has 0 bridgehead atoms. The Morgan fingerprint density at radius 3 is 2.44 bits per heavy atom. The van der Waals surface area contributed by atoms with E-state index in [9.17, 15) is 14.9 Å². The molecule has 6 nitrogen and oxygen atoms in total. The first-order valence-corrected chi connectivity index (χ1v) is 5.75. The highest BCUT2D eigenvalue weighted by Gasteiger charge is 2.17. The van der Waals surface area contributed by atoms with Crippen LogP contribution in [0.5, 0.6) is 0 Å². The van der Waals surface area contributed by atoms with Gasteiger partial charge in [-0.15, -0.1) is 0 Å². The second-order valence-corrected chi connectivity index (χ2v) is 4.09. The van der Waals surface area contributed by atoms with Crippen molar-refractivity contribution in [1.29, 1.82) is 0 Å². The Labute approximate surface area is 104 Å². The van der Waals surface area contributed by atoms with Crippen LogP contribution in [0.25, 0.3) is 0 Å². The van der Waals surface area contributed by atoms with Gasteiger partial charge in [0, 0.05) is 25.2 Å². The lowest BCUT2D eigenvalue weighted by molar-refractivity contribution is -0.384. The van der Waals surface area contributed by atoms with Gasteiger partial charge in [0.05, 0.1) is 24.6 Å². The SMILES string of the molecule is O=C(Cc1ccc([N+](=O)[O-])cc1)N1CCOCC1. The van der Waals surface area contributed by atoms with E-state index in [4.69, 9.17) is 4.74 Å². The van der Waals surface area contributed by atoms with Gasteiger partial charge in [0.15, 0.2) is 0 Å². The van der Waals surface area contributed by atoms with Gasteiger partial charge in [-0.1, -0.05) is 12.1 Å². The number of hydrogen-bond acceptors (Lipinski definition) is 4. The molecule has 2 rings (SSSR count). The van der Waals surface area contributed by atoms with Gasteiger partial charge < -0.3 is 9.64 Å². The summed E-state index contributed by atoms with van der Waals surface area (Å²) >= 11 is 0. The normalized spacial score (nSPS) is 15.4. The molecule has 1 fully saturated rings. The van der Waals surface area contributed by atoms with E-state index >= 15 is 0 Å². The van der Waals surface area contributed by atoms with Crippen LogP contribution < -0.4 is 0 Å². The molecule has 0 spiro atoms. The smallest absolute Gasteiger partial charge is 0.269 e. The molecule has 0 aliphatic carbocycles. The van der Waals surface area contributed by atoms with E-state index in [-0.39, 0.29) is 18.0 Å². The summed E-state index contributed by atoms with van der Waals surface area (Å²) in [4.78, 5) is 23.7. The fourth-order valence-corrected chi connectivity index (χ4v) is 1.83. The predicted octanol–water partition coefficient (Wildman–Crippen LogP) is 0.996. The number of nitrogens with zero attached hydrogens (tertiary/aromatic N) is 2. The number of ether oxygens (including phenoxy) is 1. The number of non-ortho nitro benzene ring substituents is 1. The van der Waals surface area contributed by atoms with Crippen molar-refractivity contribution in [2.75, 3.05) is 26.3 Å².